The summed E-state index contributed by atoms with van der Waals surface area (Å²) >= 11 is 0. The third-order valence-electron chi connectivity index (χ3n) is 6.68. The Kier molecular flexibility index (Phi) is 6.80. The van der Waals surface area contributed by atoms with Crippen molar-refractivity contribution >= 4 is 18.7 Å². The molecule has 1 aromatic carbocycles. The molecule has 0 spiro atoms. The fourth-order valence-electron chi connectivity index (χ4n) is 3.99. The zero-order valence-corrected chi connectivity index (χ0v) is 20.5. The lowest BCUT2D eigenvalue weighted by molar-refractivity contribution is 0.00578. The van der Waals surface area contributed by atoms with Crippen LogP contribution >= 0.6 is 0 Å². The standard InChI is InChI=1S/C24H39BN2O4/c1-22(2,3)29-21(28)27-15-13-20(14-16-27)26(8)17-18-9-11-19(12-10-18)25-30-23(4,5)24(6,7)31-25/h9-12,20H,13-17H2,1-8H3. The highest BCUT2D eigenvalue weighted by Crippen LogP contribution is 2.36. The van der Waals surface area contributed by atoms with Crippen molar-refractivity contribution in [3.05, 3.63) is 29.8 Å². The molecule has 2 saturated heterocycles. The SMILES string of the molecule is CN(Cc1ccc(B2OC(C)(C)C(C)(C)O2)cc1)C1CCN(C(=O)OC(C)(C)C)CC1. The highest BCUT2D eigenvalue weighted by atomic mass is 16.7. The smallest absolute Gasteiger partial charge is 0.444 e. The minimum absolute atomic E-state index is 0.202. The average molecular weight is 430 g/mol. The average Bonchev–Trinajstić information content (AvgIpc) is 2.88. The third kappa shape index (κ3) is 5.82. The lowest BCUT2D eigenvalue weighted by Crippen LogP contribution is -2.46. The van der Waals surface area contributed by atoms with Gasteiger partial charge in [-0.05, 0) is 79.4 Å². The molecule has 1 amide bonds. The summed E-state index contributed by atoms with van der Waals surface area (Å²) < 4.78 is 17.8. The zero-order valence-electron chi connectivity index (χ0n) is 20.5. The molecule has 0 aromatic heterocycles. The van der Waals surface area contributed by atoms with Crippen LogP contribution in [0, 0.1) is 0 Å². The summed E-state index contributed by atoms with van der Waals surface area (Å²) in [5.74, 6) is 0. The summed E-state index contributed by atoms with van der Waals surface area (Å²) in [6.07, 6.45) is 1.72. The summed E-state index contributed by atoms with van der Waals surface area (Å²) in [5, 5.41) is 0. The lowest BCUT2D eigenvalue weighted by atomic mass is 9.79. The van der Waals surface area contributed by atoms with Crippen LogP contribution in [-0.4, -0.2) is 66.0 Å². The molecule has 0 aliphatic carbocycles. The van der Waals surface area contributed by atoms with E-state index in [2.05, 4.69) is 63.9 Å². The highest BCUT2D eigenvalue weighted by molar-refractivity contribution is 6.62. The Balaban J connectivity index is 1.51. The first-order valence-electron chi connectivity index (χ1n) is 11.4. The molecule has 7 heteroatoms. The zero-order chi connectivity index (χ0) is 23.0. The van der Waals surface area contributed by atoms with Crippen LogP contribution in [0.3, 0.4) is 0 Å². The van der Waals surface area contributed by atoms with Gasteiger partial charge in [0.05, 0.1) is 11.2 Å². The summed E-state index contributed by atoms with van der Waals surface area (Å²) in [5.41, 5.74) is 1.21. The number of ether oxygens (including phenoxy) is 1. The van der Waals surface area contributed by atoms with E-state index in [1.807, 2.05) is 25.7 Å². The first-order chi connectivity index (χ1) is 14.3. The molecule has 0 radical (unpaired) electrons. The minimum Gasteiger partial charge on any atom is -0.444 e. The van der Waals surface area contributed by atoms with Gasteiger partial charge in [-0.2, -0.15) is 0 Å². The quantitative estimate of drug-likeness (QED) is 0.680. The third-order valence-corrected chi connectivity index (χ3v) is 6.68. The fourth-order valence-corrected chi connectivity index (χ4v) is 3.99. The molecule has 1 aromatic rings. The van der Waals surface area contributed by atoms with Crippen LogP contribution < -0.4 is 5.46 Å². The molecule has 0 saturated carbocycles. The predicted molar refractivity (Wildman–Crippen MR) is 124 cm³/mol. The second-order valence-electron chi connectivity index (χ2n) is 10.9. The number of nitrogens with zero attached hydrogens (tertiary/aromatic N) is 2. The van der Waals surface area contributed by atoms with Gasteiger partial charge >= 0.3 is 13.2 Å². The Morgan fingerprint density at radius 2 is 1.61 bits per heavy atom. The van der Waals surface area contributed by atoms with Gasteiger partial charge in [-0.25, -0.2) is 4.79 Å². The van der Waals surface area contributed by atoms with Crippen LogP contribution in [0.2, 0.25) is 0 Å². The Labute approximate surface area is 188 Å². The van der Waals surface area contributed by atoms with Gasteiger partial charge in [-0.15, -0.1) is 0 Å². The molecule has 2 fully saturated rings. The summed E-state index contributed by atoms with van der Waals surface area (Å²) in [4.78, 5) is 16.5. The molecular weight excluding hydrogens is 391 g/mol. The number of piperidine rings is 1. The van der Waals surface area contributed by atoms with Crippen molar-refractivity contribution in [2.45, 2.75) is 90.7 Å². The van der Waals surface area contributed by atoms with Crippen LogP contribution in [0.4, 0.5) is 4.79 Å². The Bertz CT molecular complexity index is 749. The molecule has 0 unspecified atom stereocenters. The van der Waals surface area contributed by atoms with Gasteiger partial charge < -0.3 is 18.9 Å². The second kappa shape index (κ2) is 8.76. The molecule has 172 valence electrons. The minimum atomic E-state index is -0.447. The van der Waals surface area contributed by atoms with Crippen molar-refractivity contribution in [1.82, 2.24) is 9.80 Å². The van der Waals surface area contributed by atoms with Crippen LogP contribution in [0.15, 0.2) is 24.3 Å². The van der Waals surface area contributed by atoms with Crippen molar-refractivity contribution in [3.8, 4) is 0 Å². The predicted octanol–water partition coefficient (Wildman–Crippen LogP) is 3.82. The number of benzene rings is 1. The molecule has 2 aliphatic rings. The van der Waals surface area contributed by atoms with Crippen molar-refractivity contribution in [2.75, 3.05) is 20.1 Å². The van der Waals surface area contributed by atoms with Crippen molar-refractivity contribution in [3.63, 3.8) is 0 Å². The number of carbonyl (C=O) groups excluding carboxylic acids is 1. The molecule has 0 N–H and O–H groups in total. The molecule has 2 heterocycles. The lowest BCUT2D eigenvalue weighted by Gasteiger charge is -2.37. The number of carbonyl (C=O) groups is 1. The van der Waals surface area contributed by atoms with E-state index < -0.39 is 5.60 Å². The monoisotopic (exact) mass is 430 g/mol. The van der Waals surface area contributed by atoms with E-state index in [9.17, 15) is 4.79 Å². The first-order valence-corrected chi connectivity index (χ1v) is 11.4. The van der Waals surface area contributed by atoms with Crippen LogP contribution in [0.5, 0.6) is 0 Å². The van der Waals surface area contributed by atoms with E-state index >= 15 is 0 Å². The number of likely N-dealkylation sites (tertiary alicyclic amines) is 1. The van der Waals surface area contributed by atoms with E-state index in [0.29, 0.717) is 6.04 Å². The normalized spacial score (nSPS) is 21.6. The largest absolute Gasteiger partial charge is 0.494 e. The molecule has 3 rings (SSSR count). The summed E-state index contributed by atoms with van der Waals surface area (Å²) in [6.45, 7) is 16.4. The maximum Gasteiger partial charge on any atom is 0.494 e. The maximum absolute atomic E-state index is 12.3. The van der Waals surface area contributed by atoms with E-state index in [4.69, 9.17) is 14.0 Å². The van der Waals surface area contributed by atoms with Gasteiger partial charge in [0.25, 0.3) is 0 Å². The summed E-state index contributed by atoms with van der Waals surface area (Å²) in [7, 11) is 1.84. The number of hydrogen-bond acceptors (Lipinski definition) is 5. The Morgan fingerprint density at radius 1 is 1.10 bits per heavy atom. The number of hydrogen-bond donors (Lipinski definition) is 0. The van der Waals surface area contributed by atoms with Gasteiger partial charge in [-0.3, -0.25) is 4.90 Å². The van der Waals surface area contributed by atoms with Crippen LogP contribution in [-0.2, 0) is 20.6 Å². The van der Waals surface area contributed by atoms with Crippen LogP contribution in [0.25, 0.3) is 0 Å². The van der Waals surface area contributed by atoms with E-state index in [1.165, 1.54) is 5.56 Å². The van der Waals surface area contributed by atoms with Crippen molar-refractivity contribution in [2.24, 2.45) is 0 Å². The molecule has 31 heavy (non-hydrogen) atoms. The molecule has 6 nitrogen and oxygen atoms in total. The van der Waals surface area contributed by atoms with Gasteiger partial charge in [0.15, 0.2) is 0 Å². The number of amides is 1. The molecule has 2 aliphatic heterocycles. The van der Waals surface area contributed by atoms with Gasteiger partial charge in [0, 0.05) is 25.7 Å². The molecule has 0 bridgehead atoms. The highest BCUT2D eigenvalue weighted by Gasteiger charge is 2.51. The van der Waals surface area contributed by atoms with Gasteiger partial charge in [0.1, 0.15) is 5.60 Å². The first kappa shape index (κ1) is 24.1. The number of rotatable bonds is 4. The Hall–Kier alpha value is -1.57. The van der Waals surface area contributed by atoms with Crippen molar-refractivity contribution in [1.29, 1.82) is 0 Å². The second-order valence-corrected chi connectivity index (χ2v) is 10.9. The van der Waals surface area contributed by atoms with Crippen LogP contribution in [0.1, 0.15) is 66.9 Å². The van der Waals surface area contributed by atoms with E-state index in [-0.39, 0.29) is 24.4 Å². The molecular formula is C24H39BN2O4. The van der Waals surface area contributed by atoms with Gasteiger partial charge in [0.2, 0.25) is 0 Å². The maximum atomic E-state index is 12.3. The summed E-state index contributed by atoms with van der Waals surface area (Å²) in [6, 6.07) is 8.99. The fraction of sp³-hybridized carbons (Fsp3) is 0.708. The molecule has 0 atom stereocenters. The van der Waals surface area contributed by atoms with E-state index in [0.717, 1.165) is 37.9 Å². The van der Waals surface area contributed by atoms with Gasteiger partial charge in [-0.1, -0.05) is 24.3 Å². The topological polar surface area (TPSA) is 51.2 Å². The van der Waals surface area contributed by atoms with E-state index in [1.54, 1.807) is 0 Å². The van der Waals surface area contributed by atoms with Crippen molar-refractivity contribution < 1.29 is 18.8 Å². The Morgan fingerprint density at radius 3 is 2.10 bits per heavy atom.